The molecule has 3 rings (SSSR count). The van der Waals surface area contributed by atoms with Crippen molar-refractivity contribution in [3.05, 3.63) is 41.7 Å². The molecule has 0 spiro atoms. The minimum Gasteiger partial charge on any atom is -0.314 e. The van der Waals surface area contributed by atoms with E-state index in [2.05, 4.69) is 46.6 Å². The molecule has 2 heterocycles. The Morgan fingerprint density at radius 3 is 2.58 bits per heavy atom. The van der Waals surface area contributed by atoms with Crippen molar-refractivity contribution in [3.63, 3.8) is 0 Å². The Morgan fingerprint density at radius 2 is 1.95 bits per heavy atom. The van der Waals surface area contributed by atoms with Crippen LogP contribution in [0.5, 0.6) is 0 Å². The van der Waals surface area contributed by atoms with Gasteiger partial charge in [-0.3, -0.25) is 4.57 Å². The number of fused-ring (bicyclic) bond motifs is 1. The minimum absolute atomic E-state index is 0.753. The summed E-state index contributed by atoms with van der Waals surface area (Å²) in [4.78, 5) is 4.57. The van der Waals surface area contributed by atoms with E-state index in [0.29, 0.717) is 0 Å². The molecule has 0 aliphatic rings. The van der Waals surface area contributed by atoms with E-state index in [0.717, 1.165) is 29.4 Å². The van der Waals surface area contributed by atoms with E-state index < -0.39 is 0 Å². The molecule has 0 aliphatic heterocycles. The number of hydrogen-bond donors (Lipinski definition) is 1. The summed E-state index contributed by atoms with van der Waals surface area (Å²) in [7, 11) is 3.91. The molecule has 98 valence electrons. The Bertz CT molecular complexity index is 705. The highest BCUT2D eigenvalue weighted by atomic mass is 15.4. The van der Waals surface area contributed by atoms with Crippen LogP contribution in [0.4, 0.5) is 0 Å². The topological polar surface area (TPSA) is 47.1 Å². The molecule has 0 bridgehead atoms. The second kappa shape index (κ2) is 4.51. The lowest BCUT2D eigenvalue weighted by molar-refractivity contribution is 0.792. The second-order valence-corrected chi connectivity index (χ2v) is 4.76. The summed E-state index contributed by atoms with van der Waals surface area (Å²) in [6.07, 6.45) is 1.96. The number of imidazole rings is 1. The molecule has 0 saturated carbocycles. The number of aromatic nitrogens is 4. The molecule has 0 aliphatic carbocycles. The lowest BCUT2D eigenvalue weighted by Gasteiger charge is -2.01. The summed E-state index contributed by atoms with van der Waals surface area (Å²) in [5.74, 6) is 1.79. The van der Waals surface area contributed by atoms with Crippen molar-refractivity contribution in [2.75, 3.05) is 7.05 Å². The number of rotatable bonds is 3. The highest BCUT2D eigenvalue weighted by Crippen LogP contribution is 2.19. The molecule has 0 atom stereocenters. The van der Waals surface area contributed by atoms with Gasteiger partial charge < -0.3 is 5.32 Å². The van der Waals surface area contributed by atoms with Crippen molar-refractivity contribution >= 4 is 5.78 Å². The number of nitrogens with zero attached hydrogens (tertiary/aromatic N) is 4. The van der Waals surface area contributed by atoms with Gasteiger partial charge in [0.25, 0.3) is 0 Å². The lowest BCUT2D eigenvalue weighted by atomic mass is 10.1. The van der Waals surface area contributed by atoms with Gasteiger partial charge in [0.15, 0.2) is 5.82 Å². The van der Waals surface area contributed by atoms with Crippen LogP contribution < -0.4 is 5.32 Å². The first-order valence-corrected chi connectivity index (χ1v) is 6.31. The van der Waals surface area contributed by atoms with Crippen LogP contribution in [0.2, 0.25) is 0 Å². The van der Waals surface area contributed by atoms with E-state index in [4.69, 9.17) is 0 Å². The van der Waals surface area contributed by atoms with E-state index in [1.54, 1.807) is 0 Å². The van der Waals surface area contributed by atoms with Crippen molar-refractivity contribution in [2.24, 2.45) is 7.05 Å². The molecule has 0 unspecified atom stereocenters. The third-order valence-corrected chi connectivity index (χ3v) is 3.21. The van der Waals surface area contributed by atoms with Gasteiger partial charge in [0.05, 0.1) is 11.9 Å². The molecule has 5 heteroatoms. The average molecular weight is 255 g/mol. The maximum atomic E-state index is 4.60. The fourth-order valence-electron chi connectivity index (χ4n) is 2.19. The molecular formula is C14H17N5. The van der Waals surface area contributed by atoms with E-state index in [1.807, 2.05) is 29.4 Å². The Morgan fingerprint density at radius 1 is 1.21 bits per heavy atom. The predicted molar refractivity (Wildman–Crippen MR) is 74.9 cm³/mol. The largest absolute Gasteiger partial charge is 0.314 e. The van der Waals surface area contributed by atoms with Crippen LogP contribution in [-0.4, -0.2) is 26.2 Å². The van der Waals surface area contributed by atoms with Crippen LogP contribution in [0.1, 0.15) is 11.3 Å². The zero-order valence-corrected chi connectivity index (χ0v) is 11.4. The third-order valence-electron chi connectivity index (χ3n) is 3.21. The zero-order chi connectivity index (χ0) is 13.4. The van der Waals surface area contributed by atoms with Crippen LogP contribution in [0.3, 0.4) is 0 Å². The van der Waals surface area contributed by atoms with Gasteiger partial charge in [0.2, 0.25) is 5.78 Å². The Balaban J connectivity index is 2.07. The van der Waals surface area contributed by atoms with E-state index >= 15 is 0 Å². The van der Waals surface area contributed by atoms with Crippen LogP contribution in [0.25, 0.3) is 17.2 Å². The van der Waals surface area contributed by atoms with E-state index in [-0.39, 0.29) is 0 Å². The summed E-state index contributed by atoms with van der Waals surface area (Å²) < 4.78 is 3.85. The Kier molecular flexibility index (Phi) is 2.83. The lowest BCUT2D eigenvalue weighted by Crippen LogP contribution is -2.05. The smallest absolute Gasteiger partial charge is 0.232 e. The van der Waals surface area contributed by atoms with E-state index in [9.17, 15) is 0 Å². The molecular weight excluding hydrogens is 238 g/mol. The minimum atomic E-state index is 0.753. The molecule has 0 radical (unpaired) electrons. The van der Waals surface area contributed by atoms with Crippen molar-refractivity contribution in [1.82, 2.24) is 24.5 Å². The number of aryl methyl sites for hydroxylation is 2. The summed E-state index contributed by atoms with van der Waals surface area (Å²) in [6, 6.07) is 8.37. The second-order valence-electron chi connectivity index (χ2n) is 4.76. The van der Waals surface area contributed by atoms with Crippen LogP contribution in [-0.2, 0) is 13.6 Å². The molecule has 2 aromatic heterocycles. The SMILES string of the molecule is CNCc1cn2nc(-c3ccc(C)cc3)n(C)c2n1. The maximum absolute atomic E-state index is 4.60. The van der Waals surface area contributed by atoms with Crippen LogP contribution in [0, 0.1) is 6.92 Å². The van der Waals surface area contributed by atoms with E-state index in [1.165, 1.54) is 5.56 Å². The van der Waals surface area contributed by atoms with Crippen molar-refractivity contribution < 1.29 is 0 Å². The highest BCUT2D eigenvalue weighted by molar-refractivity contribution is 5.58. The number of nitrogens with one attached hydrogen (secondary N) is 1. The van der Waals surface area contributed by atoms with Gasteiger partial charge in [-0.15, -0.1) is 5.10 Å². The summed E-state index contributed by atoms with van der Waals surface area (Å²) in [6.45, 7) is 2.84. The van der Waals surface area contributed by atoms with Gasteiger partial charge in [-0.25, -0.2) is 9.50 Å². The van der Waals surface area contributed by atoms with Crippen molar-refractivity contribution in [2.45, 2.75) is 13.5 Å². The van der Waals surface area contributed by atoms with Gasteiger partial charge in [0.1, 0.15) is 0 Å². The summed E-state index contributed by atoms with van der Waals surface area (Å²) in [5, 5.41) is 7.70. The molecule has 0 amide bonds. The van der Waals surface area contributed by atoms with Gasteiger partial charge >= 0.3 is 0 Å². The fourth-order valence-corrected chi connectivity index (χ4v) is 2.19. The molecule has 1 N–H and O–H groups in total. The average Bonchev–Trinajstić information content (AvgIpc) is 2.91. The Labute approximate surface area is 111 Å². The zero-order valence-electron chi connectivity index (χ0n) is 11.4. The Hall–Kier alpha value is -2.14. The van der Waals surface area contributed by atoms with Crippen molar-refractivity contribution in [3.8, 4) is 11.4 Å². The van der Waals surface area contributed by atoms with Gasteiger partial charge in [-0.2, -0.15) is 0 Å². The van der Waals surface area contributed by atoms with Crippen LogP contribution >= 0.6 is 0 Å². The monoisotopic (exact) mass is 255 g/mol. The van der Waals surface area contributed by atoms with Crippen LogP contribution in [0.15, 0.2) is 30.5 Å². The highest BCUT2D eigenvalue weighted by Gasteiger charge is 2.12. The van der Waals surface area contributed by atoms with Gasteiger partial charge in [-0.1, -0.05) is 29.8 Å². The fraction of sp³-hybridized carbons (Fsp3) is 0.286. The molecule has 19 heavy (non-hydrogen) atoms. The molecule has 5 nitrogen and oxygen atoms in total. The third kappa shape index (κ3) is 2.02. The molecule has 3 aromatic rings. The molecule has 0 fully saturated rings. The first-order chi connectivity index (χ1) is 9.19. The standard InChI is InChI=1S/C14H17N5/c1-10-4-6-11(7-5-10)13-17-19-9-12(8-15-2)16-14(19)18(13)3/h4-7,9,15H,8H2,1-3H3. The van der Waals surface area contributed by atoms with Crippen molar-refractivity contribution in [1.29, 1.82) is 0 Å². The maximum Gasteiger partial charge on any atom is 0.232 e. The quantitative estimate of drug-likeness (QED) is 0.776. The number of benzene rings is 1. The number of hydrogen-bond acceptors (Lipinski definition) is 3. The normalized spacial score (nSPS) is 11.3. The molecule has 1 aromatic carbocycles. The summed E-state index contributed by atoms with van der Waals surface area (Å²) in [5.41, 5.74) is 3.35. The van der Waals surface area contributed by atoms with Gasteiger partial charge in [0, 0.05) is 19.2 Å². The first kappa shape index (κ1) is 11.9. The first-order valence-electron chi connectivity index (χ1n) is 6.31. The summed E-state index contributed by atoms with van der Waals surface area (Å²) >= 11 is 0. The van der Waals surface area contributed by atoms with Gasteiger partial charge in [-0.05, 0) is 14.0 Å². The molecule has 0 saturated heterocycles. The predicted octanol–water partition coefficient (Wildman–Crippen LogP) is 1.76.